The van der Waals surface area contributed by atoms with E-state index in [0.29, 0.717) is 6.04 Å². The molecule has 0 spiro atoms. The average Bonchev–Trinajstić information content (AvgIpc) is 2.24. The van der Waals surface area contributed by atoms with Crippen molar-refractivity contribution in [1.82, 2.24) is 9.88 Å². The molecule has 1 saturated heterocycles. The van der Waals surface area contributed by atoms with E-state index in [4.69, 9.17) is 13.3 Å². The van der Waals surface area contributed by atoms with Crippen LogP contribution in [0.4, 0.5) is 0 Å². The first-order chi connectivity index (χ1) is 6.70. The third-order valence-electron chi connectivity index (χ3n) is 2.63. The van der Waals surface area contributed by atoms with Crippen molar-refractivity contribution >= 4 is 8.97 Å². The maximum absolute atomic E-state index is 5.44. The minimum absolute atomic E-state index is 0.385. The molecule has 0 aromatic heterocycles. The number of nitrogens with one attached hydrogen (secondary N) is 1. The molecule has 5 nitrogen and oxygen atoms in total. The molecule has 1 aliphatic heterocycles. The van der Waals surface area contributed by atoms with Crippen LogP contribution in [0.15, 0.2) is 0 Å². The Kier molecular flexibility index (Phi) is 4.49. The molecule has 0 amide bonds. The van der Waals surface area contributed by atoms with Crippen molar-refractivity contribution in [2.75, 3.05) is 41.0 Å². The first-order valence-electron chi connectivity index (χ1n) is 4.83. The second-order valence-electron chi connectivity index (χ2n) is 3.38. The maximum atomic E-state index is 5.44. The van der Waals surface area contributed by atoms with Gasteiger partial charge in [-0.3, -0.25) is 4.57 Å². The molecule has 1 aliphatic rings. The van der Waals surface area contributed by atoms with Gasteiger partial charge in [-0.25, -0.2) is 0 Å². The van der Waals surface area contributed by atoms with Crippen LogP contribution in [-0.2, 0) is 13.3 Å². The van der Waals surface area contributed by atoms with Crippen LogP contribution in [0.2, 0.25) is 0 Å². The zero-order chi connectivity index (χ0) is 10.6. The molecule has 6 heteroatoms. The number of hydrogen-bond acceptors (Lipinski definition) is 5. The summed E-state index contributed by atoms with van der Waals surface area (Å²) in [5.74, 6) is 0. The van der Waals surface area contributed by atoms with Gasteiger partial charge in [0.25, 0.3) is 0 Å². The van der Waals surface area contributed by atoms with Gasteiger partial charge in [0, 0.05) is 47.0 Å². The van der Waals surface area contributed by atoms with Crippen LogP contribution in [0, 0.1) is 0 Å². The predicted molar refractivity (Wildman–Crippen MR) is 55.8 cm³/mol. The summed E-state index contributed by atoms with van der Waals surface area (Å²) in [5.41, 5.74) is 0. The summed E-state index contributed by atoms with van der Waals surface area (Å²) in [6.07, 6.45) is 0. The summed E-state index contributed by atoms with van der Waals surface area (Å²) >= 11 is 0. The second-order valence-corrected chi connectivity index (χ2v) is 6.23. The van der Waals surface area contributed by atoms with Gasteiger partial charge in [0.1, 0.15) is 0 Å². The zero-order valence-electron chi connectivity index (χ0n) is 9.37. The standard InChI is InChI=1S/C8H20N2O3Si/c1-8-7-9-5-6-10(8)14(11-2,12-3)13-4/h8-9H,5-7H2,1-4H3. The van der Waals surface area contributed by atoms with Crippen molar-refractivity contribution in [3.8, 4) is 0 Å². The molecule has 1 heterocycles. The quantitative estimate of drug-likeness (QED) is 0.656. The average molecular weight is 220 g/mol. The Morgan fingerprint density at radius 3 is 2.21 bits per heavy atom. The van der Waals surface area contributed by atoms with E-state index in [9.17, 15) is 0 Å². The third kappa shape index (κ3) is 2.15. The van der Waals surface area contributed by atoms with Crippen molar-refractivity contribution in [1.29, 1.82) is 0 Å². The molecule has 0 aromatic carbocycles. The van der Waals surface area contributed by atoms with E-state index in [-0.39, 0.29) is 0 Å². The highest BCUT2D eigenvalue weighted by Gasteiger charge is 2.49. The van der Waals surface area contributed by atoms with Gasteiger partial charge in [0.05, 0.1) is 0 Å². The second kappa shape index (κ2) is 5.20. The zero-order valence-corrected chi connectivity index (χ0v) is 10.4. The lowest BCUT2D eigenvalue weighted by Crippen LogP contribution is -2.67. The number of piperazine rings is 1. The molecule has 84 valence electrons. The van der Waals surface area contributed by atoms with E-state index >= 15 is 0 Å². The fourth-order valence-electron chi connectivity index (χ4n) is 1.85. The normalized spacial score (nSPS) is 25.3. The van der Waals surface area contributed by atoms with Crippen molar-refractivity contribution in [2.24, 2.45) is 0 Å². The molecule has 14 heavy (non-hydrogen) atoms. The fraction of sp³-hybridized carbons (Fsp3) is 1.00. The molecule has 0 bridgehead atoms. The van der Waals surface area contributed by atoms with Crippen molar-refractivity contribution in [2.45, 2.75) is 13.0 Å². The molecule has 1 atom stereocenters. The minimum Gasteiger partial charge on any atom is -0.364 e. The Balaban J connectivity index is 2.74. The molecule has 1 N–H and O–H groups in total. The highest BCUT2D eigenvalue weighted by atomic mass is 28.4. The SMILES string of the molecule is CO[Si](OC)(OC)N1CCNCC1C. The molecular formula is C8H20N2O3Si. The van der Waals surface area contributed by atoms with E-state index in [2.05, 4.69) is 16.8 Å². The molecule has 0 radical (unpaired) electrons. The molecule has 1 fully saturated rings. The van der Waals surface area contributed by atoms with Gasteiger partial charge in [-0.05, 0) is 6.92 Å². The van der Waals surface area contributed by atoms with Crippen molar-refractivity contribution in [3.05, 3.63) is 0 Å². The van der Waals surface area contributed by atoms with E-state index in [1.165, 1.54) is 0 Å². The Morgan fingerprint density at radius 2 is 1.79 bits per heavy atom. The van der Waals surface area contributed by atoms with Crippen molar-refractivity contribution in [3.63, 3.8) is 0 Å². The number of hydrogen-bond donors (Lipinski definition) is 1. The highest BCUT2D eigenvalue weighted by molar-refractivity contribution is 6.57. The van der Waals surface area contributed by atoms with Crippen molar-refractivity contribution < 1.29 is 13.3 Å². The number of rotatable bonds is 4. The summed E-state index contributed by atoms with van der Waals surface area (Å²) in [7, 11) is 2.35. The summed E-state index contributed by atoms with van der Waals surface area (Å²) in [6, 6.07) is 0.385. The highest BCUT2D eigenvalue weighted by Crippen LogP contribution is 2.17. The lowest BCUT2D eigenvalue weighted by molar-refractivity contribution is 0.0374. The smallest absolute Gasteiger partial charge is 0.364 e. The van der Waals surface area contributed by atoms with Crippen LogP contribution in [0.3, 0.4) is 0 Å². The predicted octanol–water partition coefficient (Wildman–Crippen LogP) is -0.345. The third-order valence-corrected chi connectivity index (χ3v) is 5.54. The Bertz CT molecular complexity index is 170. The van der Waals surface area contributed by atoms with Crippen LogP contribution >= 0.6 is 0 Å². The van der Waals surface area contributed by atoms with Gasteiger partial charge in [0.15, 0.2) is 0 Å². The monoisotopic (exact) mass is 220 g/mol. The first kappa shape index (κ1) is 12.1. The van der Waals surface area contributed by atoms with Crippen LogP contribution in [-0.4, -0.2) is 60.5 Å². The van der Waals surface area contributed by atoms with E-state index in [1.54, 1.807) is 21.3 Å². The molecule has 0 saturated carbocycles. The topological polar surface area (TPSA) is 43.0 Å². The fourth-order valence-corrected chi connectivity index (χ4v) is 4.07. The Labute approximate surface area is 86.8 Å². The molecule has 0 aromatic rings. The minimum atomic E-state index is -2.59. The van der Waals surface area contributed by atoms with Gasteiger partial charge in [-0.2, -0.15) is 0 Å². The number of nitrogens with zero attached hydrogens (tertiary/aromatic N) is 1. The van der Waals surface area contributed by atoms with Crippen LogP contribution in [0.5, 0.6) is 0 Å². The summed E-state index contributed by atoms with van der Waals surface area (Å²) in [4.78, 5) is 0. The van der Waals surface area contributed by atoms with E-state index < -0.39 is 8.97 Å². The van der Waals surface area contributed by atoms with Crippen LogP contribution < -0.4 is 5.32 Å². The van der Waals surface area contributed by atoms with Gasteiger partial charge >= 0.3 is 8.97 Å². The molecule has 1 unspecified atom stereocenters. The van der Waals surface area contributed by atoms with E-state index in [1.807, 2.05) is 0 Å². The van der Waals surface area contributed by atoms with Gasteiger partial charge in [-0.15, -0.1) is 0 Å². The Hall–Kier alpha value is 0.0169. The molecule has 1 rings (SSSR count). The lowest BCUT2D eigenvalue weighted by Gasteiger charge is -2.41. The van der Waals surface area contributed by atoms with Gasteiger partial charge < -0.3 is 18.6 Å². The van der Waals surface area contributed by atoms with Gasteiger partial charge in [0.2, 0.25) is 0 Å². The summed E-state index contributed by atoms with van der Waals surface area (Å²) in [6.45, 7) is 4.95. The first-order valence-corrected chi connectivity index (χ1v) is 6.50. The maximum Gasteiger partial charge on any atom is 0.599 e. The summed E-state index contributed by atoms with van der Waals surface area (Å²) < 4.78 is 18.5. The lowest BCUT2D eigenvalue weighted by atomic mass is 10.3. The summed E-state index contributed by atoms with van der Waals surface area (Å²) in [5, 5.41) is 3.32. The van der Waals surface area contributed by atoms with Gasteiger partial charge in [-0.1, -0.05) is 0 Å². The van der Waals surface area contributed by atoms with Crippen LogP contribution in [0.1, 0.15) is 6.92 Å². The Morgan fingerprint density at radius 1 is 1.21 bits per heavy atom. The molecular weight excluding hydrogens is 200 g/mol. The molecule has 0 aliphatic carbocycles. The van der Waals surface area contributed by atoms with Crippen LogP contribution in [0.25, 0.3) is 0 Å². The largest absolute Gasteiger partial charge is 0.599 e. The van der Waals surface area contributed by atoms with E-state index in [0.717, 1.165) is 19.6 Å².